The molecule has 1 N–H and O–H groups in total. The van der Waals surface area contributed by atoms with Gasteiger partial charge in [0.1, 0.15) is 5.75 Å². The molecule has 0 aliphatic heterocycles. The van der Waals surface area contributed by atoms with E-state index >= 15 is 0 Å². The number of hydrogen-bond donors (Lipinski definition) is 1. The largest absolute Gasteiger partial charge is 0.495 e. The topological polar surface area (TPSA) is 65.0 Å². The average molecular weight is 275 g/mol. The maximum absolute atomic E-state index is 11.2. The number of carbonyl (C=O) groups is 1. The van der Waals surface area contributed by atoms with Gasteiger partial charge in [-0.15, -0.1) is 0 Å². The van der Waals surface area contributed by atoms with Gasteiger partial charge in [0.15, 0.2) is 11.5 Å². The van der Waals surface area contributed by atoms with Crippen LogP contribution in [0.15, 0.2) is 6.07 Å². The van der Waals surface area contributed by atoms with Crippen molar-refractivity contribution in [3.8, 4) is 17.2 Å². The molecule has 0 amide bonds. The number of carboxylic acids is 1. The molecule has 6 heteroatoms. The summed E-state index contributed by atoms with van der Waals surface area (Å²) in [6.45, 7) is 1.53. The van der Waals surface area contributed by atoms with Crippen LogP contribution in [0, 0.1) is 0 Å². The SMILES string of the molecule is COc1cc(Cl)c(OC)c(C(C)C(=O)O)c1OC. The molecule has 18 heavy (non-hydrogen) atoms. The molecule has 0 heterocycles. The maximum Gasteiger partial charge on any atom is 0.310 e. The van der Waals surface area contributed by atoms with E-state index < -0.39 is 11.9 Å². The molecule has 1 atom stereocenters. The fourth-order valence-corrected chi connectivity index (χ4v) is 1.98. The summed E-state index contributed by atoms with van der Waals surface area (Å²) < 4.78 is 15.5. The Hall–Kier alpha value is -1.62. The Bertz CT molecular complexity index is 458. The predicted octanol–water partition coefficient (Wildman–Crippen LogP) is 2.55. The second-order valence-electron chi connectivity index (χ2n) is 3.60. The molecular formula is C12H15ClO5. The highest BCUT2D eigenvalue weighted by molar-refractivity contribution is 6.32. The minimum atomic E-state index is -1.00. The minimum Gasteiger partial charge on any atom is -0.495 e. The van der Waals surface area contributed by atoms with E-state index in [2.05, 4.69) is 0 Å². The van der Waals surface area contributed by atoms with E-state index in [1.165, 1.54) is 34.3 Å². The number of hydrogen-bond acceptors (Lipinski definition) is 4. The Morgan fingerprint density at radius 1 is 1.22 bits per heavy atom. The Labute approximate surface area is 110 Å². The number of rotatable bonds is 5. The third-order valence-electron chi connectivity index (χ3n) is 2.62. The molecule has 1 aromatic rings. The summed E-state index contributed by atoms with van der Waals surface area (Å²) >= 11 is 6.04. The Balaban J connectivity index is 3.60. The summed E-state index contributed by atoms with van der Waals surface area (Å²) in [7, 11) is 4.31. The summed E-state index contributed by atoms with van der Waals surface area (Å²) in [5.41, 5.74) is 0.358. The Morgan fingerprint density at radius 3 is 2.17 bits per heavy atom. The van der Waals surface area contributed by atoms with Crippen molar-refractivity contribution >= 4 is 17.6 Å². The quantitative estimate of drug-likeness (QED) is 0.894. The van der Waals surface area contributed by atoms with Crippen molar-refractivity contribution < 1.29 is 24.1 Å². The van der Waals surface area contributed by atoms with Crippen molar-refractivity contribution in [3.63, 3.8) is 0 Å². The summed E-state index contributed by atoms with van der Waals surface area (Å²) in [4.78, 5) is 11.2. The monoisotopic (exact) mass is 274 g/mol. The zero-order valence-electron chi connectivity index (χ0n) is 10.6. The molecule has 0 aliphatic carbocycles. The van der Waals surface area contributed by atoms with Crippen LogP contribution in [0.2, 0.25) is 5.02 Å². The summed E-state index contributed by atoms with van der Waals surface area (Å²) in [5.74, 6) is -0.873. The normalized spacial score (nSPS) is 11.8. The van der Waals surface area contributed by atoms with Gasteiger partial charge in [0, 0.05) is 6.07 Å². The first-order valence-electron chi connectivity index (χ1n) is 5.19. The van der Waals surface area contributed by atoms with Gasteiger partial charge >= 0.3 is 5.97 Å². The standard InChI is InChI=1S/C12H15ClO5/c1-6(12(14)15)9-10(17-3)7(13)5-8(16-2)11(9)18-4/h5-6H,1-4H3,(H,14,15). The van der Waals surface area contributed by atoms with Gasteiger partial charge in [0.2, 0.25) is 0 Å². The number of methoxy groups -OCH3 is 3. The molecule has 0 aliphatic rings. The molecule has 0 spiro atoms. The number of halogens is 1. The summed E-state index contributed by atoms with van der Waals surface area (Å²) in [5, 5.41) is 9.41. The van der Waals surface area contributed by atoms with Crippen molar-refractivity contribution in [2.24, 2.45) is 0 Å². The molecule has 0 fully saturated rings. The Kier molecular flexibility index (Phi) is 4.67. The summed E-state index contributed by atoms with van der Waals surface area (Å²) in [6, 6.07) is 1.53. The van der Waals surface area contributed by atoms with Gasteiger partial charge < -0.3 is 19.3 Å². The third kappa shape index (κ3) is 2.46. The molecule has 5 nitrogen and oxygen atoms in total. The van der Waals surface area contributed by atoms with Crippen LogP contribution in [-0.2, 0) is 4.79 Å². The van der Waals surface area contributed by atoms with Crippen LogP contribution in [0.5, 0.6) is 17.2 Å². The molecule has 1 aromatic carbocycles. The lowest BCUT2D eigenvalue weighted by molar-refractivity contribution is -0.138. The van der Waals surface area contributed by atoms with Crippen LogP contribution in [0.1, 0.15) is 18.4 Å². The van der Waals surface area contributed by atoms with Gasteiger partial charge in [-0.1, -0.05) is 11.6 Å². The zero-order valence-corrected chi connectivity index (χ0v) is 11.4. The molecule has 0 aromatic heterocycles. The minimum absolute atomic E-state index is 0.276. The lowest BCUT2D eigenvalue weighted by atomic mass is 9.98. The fourth-order valence-electron chi connectivity index (χ4n) is 1.70. The van der Waals surface area contributed by atoms with Crippen LogP contribution in [0.3, 0.4) is 0 Å². The molecule has 1 unspecified atom stereocenters. The zero-order chi connectivity index (χ0) is 13.9. The third-order valence-corrected chi connectivity index (χ3v) is 2.90. The second-order valence-corrected chi connectivity index (χ2v) is 4.01. The van der Waals surface area contributed by atoms with Crippen molar-refractivity contribution in [2.75, 3.05) is 21.3 Å². The lowest BCUT2D eigenvalue weighted by Crippen LogP contribution is -2.11. The fraction of sp³-hybridized carbons (Fsp3) is 0.417. The molecule has 0 saturated heterocycles. The van der Waals surface area contributed by atoms with E-state index in [0.29, 0.717) is 17.1 Å². The molecule has 0 bridgehead atoms. The average Bonchev–Trinajstić information content (AvgIpc) is 2.36. The molecular weight excluding hydrogens is 260 g/mol. The van der Waals surface area contributed by atoms with Gasteiger partial charge in [-0.2, -0.15) is 0 Å². The molecule has 1 rings (SSSR count). The van der Waals surface area contributed by atoms with E-state index in [4.69, 9.17) is 30.9 Å². The van der Waals surface area contributed by atoms with Gasteiger partial charge in [-0.25, -0.2) is 0 Å². The van der Waals surface area contributed by atoms with Crippen molar-refractivity contribution in [1.82, 2.24) is 0 Å². The maximum atomic E-state index is 11.2. The lowest BCUT2D eigenvalue weighted by Gasteiger charge is -2.19. The van der Waals surface area contributed by atoms with Crippen molar-refractivity contribution in [1.29, 1.82) is 0 Å². The smallest absolute Gasteiger partial charge is 0.310 e. The number of ether oxygens (including phenoxy) is 3. The Morgan fingerprint density at radius 2 is 1.78 bits per heavy atom. The first-order chi connectivity index (χ1) is 8.47. The van der Waals surface area contributed by atoms with Crippen LogP contribution >= 0.6 is 11.6 Å². The van der Waals surface area contributed by atoms with Crippen LogP contribution in [0.25, 0.3) is 0 Å². The van der Waals surface area contributed by atoms with Crippen LogP contribution in [0.4, 0.5) is 0 Å². The highest BCUT2D eigenvalue weighted by Gasteiger charge is 2.27. The number of aliphatic carboxylic acids is 1. The predicted molar refractivity (Wildman–Crippen MR) is 67.2 cm³/mol. The van der Waals surface area contributed by atoms with Crippen molar-refractivity contribution in [2.45, 2.75) is 12.8 Å². The molecule has 0 radical (unpaired) electrons. The van der Waals surface area contributed by atoms with E-state index in [9.17, 15) is 4.79 Å². The van der Waals surface area contributed by atoms with E-state index in [0.717, 1.165) is 0 Å². The first-order valence-corrected chi connectivity index (χ1v) is 5.56. The van der Waals surface area contributed by atoms with E-state index in [1.807, 2.05) is 0 Å². The van der Waals surface area contributed by atoms with Crippen LogP contribution < -0.4 is 14.2 Å². The van der Waals surface area contributed by atoms with Gasteiger partial charge in [0.05, 0.1) is 37.8 Å². The van der Waals surface area contributed by atoms with Crippen molar-refractivity contribution in [3.05, 3.63) is 16.7 Å². The second kappa shape index (κ2) is 5.82. The molecule has 100 valence electrons. The summed E-state index contributed by atoms with van der Waals surface area (Å²) in [6.07, 6.45) is 0. The first kappa shape index (κ1) is 14.4. The highest BCUT2D eigenvalue weighted by Crippen LogP contribution is 2.46. The van der Waals surface area contributed by atoms with Gasteiger partial charge in [0.25, 0.3) is 0 Å². The molecule has 0 saturated carbocycles. The van der Waals surface area contributed by atoms with E-state index in [1.54, 1.807) is 0 Å². The van der Waals surface area contributed by atoms with Gasteiger partial charge in [-0.05, 0) is 6.92 Å². The van der Waals surface area contributed by atoms with E-state index in [-0.39, 0.29) is 10.8 Å². The van der Waals surface area contributed by atoms with Gasteiger partial charge in [-0.3, -0.25) is 4.79 Å². The number of carboxylic acid groups (broad SMARTS) is 1. The highest BCUT2D eigenvalue weighted by atomic mass is 35.5. The number of benzene rings is 1. The van der Waals surface area contributed by atoms with Crippen LogP contribution in [-0.4, -0.2) is 32.4 Å².